The lowest BCUT2D eigenvalue weighted by atomic mass is 10.0. The Hall–Kier alpha value is -1.55. The molecule has 17 heavy (non-hydrogen) atoms. The molecule has 4 heteroatoms. The Bertz CT molecular complexity index is 559. The Morgan fingerprint density at radius 2 is 2.29 bits per heavy atom. The van der Waals surface area contributed by atoms with Crippen molar-refractivity contribution < 1.29 is 0 Å². The molecule has 3 N–H and O–H groups in total. The predicted octanol–water partition coefficient (Wildman–Crippen LogP) is 3.40. The van der Waals surface area contributed by atoms with Crippen LogP contribution in [0.4, 0.5) is 10.8 Å². The van der Waals surface area contributed by atoms with Crippen molar-refractivity contribution in [2.75, 3.05) is 11.1 Å². The van der Waals surface area contributed by atoms with Crippen LogP contribution in [0.5, 0.6) is 0 Å². The van der Waals surface area contributed by atoms with Gasteiger partial charge in [-0.3, -0.25) is 0 Å². The average molecular weight is 245 g/mol. The van der Waals surface area contributed by atoms with E-state index < -0.39 is 0 Å². The summed E-state index contributed by atoms with van der Waals surface area (Å²) >= 11 is 1.68. The number of fused-ring (bicyclic) bond motifs is 1. The van der Waals surface area contributed by atoms with Crippen molar-refractivity contribution in [3.05, 3.63) is 30.4 Å². The van der Waals surface area contributed by atoms with Crippen molar-refractivity contribution >= 4 is 32.4 Å². The molecule has 1 atom stereocenters. The molecule has 1 aromatic carbocycles. The number of rotatable bonds is 2. The van der Waals surface area contributed by atoms with E-state index in [1.165, 1.54) is 6.42 Å². The third-order valence-corrected chi connectivity index (χ3v) is 3.96. The Morgan fingerprint density at radius 3 is 3.12 bits per heavy atom. The predicted molar refractivity (Wildman–Crippen MR) is 74.4 cm³/mol. The summed E-state index contributed by atoms with van der Waals surface area (Å²) in [5, 5.41) is 4.51. The van der Waals surface area contributed by atoms with Gasteiger partial charge in [0.05, 0.1) is 10.2 Å². The van der Waals surface area contributed by atoms with E-state index in [4.69, 9.17) is 5.73 Å². The largest absolute Gasteiger partial charge is 0.399 e. The minimum Gasteiger partial charge on any atom is -0.399 e. The van der Waals surface area contributed by atoms with Crippen molar-refractivity contribution in [3.8, 4) is 0 Å². The highest BCUT2D eigenvalue weighted by atomic mass is 32.1. The molecular weight excluding hydrogens is 230 g/mol. The van der Waals surface area contributed by atoms with Crippen LogP contribution < -0.4 is 11.1 Å². The number of nitrogens with two attached hydrogens (primary N) is 1. The monoisotopic (exact) mass is 245 g/mol. The number of allylic oxidation sites excluding steroid dienone is 1. The van der Waals surface area contributed by atoms with Crippen LogP contribution in [-0.2, 0) is 0 Å². The number of anilines is 2. The molecule has 1 aliphatic rings. The van der Waals surface area contributed by atoms with Gasteiger partial charge in [0.1, 0.15) is 0 Å². The van der Waals surface area contributed by atoms with Crippen molar-refractivity contribution in [2.45, 2.75) is 25.3 Å². The fourth-order valence-corrected chi connectivity index (χ4v) is 3.09. The zero-order chi connectivity index (χ0) is 11.7. The molecule has 0 radical (unpaired) electrons. The number of nitrogen functional groups attached to an aromatic ring is 1. The molecule has 1 unspecified atom stereocenters. The lowest BCUT2D eigenvalue weighted by Crippen LogP contribution is -2.19. The van der Waals surface area contributed by atoms with Gasteiger partial charge in [0.25, 0.3) is 0 Å². The highest BCUT2D eigenvalue weighted by molar-refractivity contribution is 7.22. The molecule has 1 aliphatic carbocycles. The zero-order valence-electron chi connectivity index (χ0n) is 9.52. The van der Waals surface area contributed by atoms with Gasteiger partial charge in [0.15, 0.2) is 5.13 Å². The fourth-order valence-electron chi connectivity index (χ4n) is 2.10. The van der Waals surface area contributed by atoms with Gasteiger partial charge >= 0.3 is 0 Å². The summed E-state index contributed by atoms with van der Waals surface area (Å²) < 4.78 is 1.15. The molecule has 0 saturated carbocycles. The highest BCUT2D eigenvalue weighted by Gasteiger charge is 2.12. The van der Waals surface area contributed by atoms with E-state index in [1.807, 2.05) is 18.2 Å². The maximum atomic E-state index is 5.77. The first kappa shape index (κ1) is 10.6. The summed E-state index contributed by atoms with van der Waals surface area (Å²) in [6, 6.07) is 6.39. The molecule has 0 spiro atoms. The minimum absolute atomic E-state index is 0.526. The number of hydrogen-bond acceptors (Lipinski definition) is 4. The number of benzene rings is 1. The second kappa shape index (κ2) is 4.37. The van der Waals surface area contributed by atoms with E-state index in [0.717, 1.165) is 33.9 Å². The van der Waals surface area contributed by atoms with E-state index in [2.05, 4.69) is 22.5 Å². The molecule has 0 bridgehead atoms. The third-order valence-electron chi connectivity index (χ3n) is 3.01. The lowest BCUT2D eigenvalue weighted by molar-refractivity contribution is 0.644. The van der Waals surface area contributed by atoms with Crippen molar-refractivity contribution in [2.24, 2.45) is 0 Å². The molecule has 0 fully saturated rings. The van der Waals surface area contributed by atoms with E-state index in [0.29, 0.717) is 6.04 Å². The van der Waals surface area contributed by atoms with Gasteiger partial charge in [-0.2, -0.15) is 0 Å². The van der Waals surface area contributed by atoms with Gasteiger partial charge in [-0.1, -0.05) is 23.5 Å². The summed E-state index contributed by atoms with van der Waals surface area (Å²) in [6.45, 7) is 0. The normalized spacial score (nSPS) is 19.6. The standard InChI is InChI=1S/C13H15N3S/c14-9-6-7-11-12(8-9)17-13(16-11)15-10-4-2-1-3-5-10/h1-2,6-8,10H,3-5,14H2,(H,15,16). The molecule has 88 valence electrons. The highest BCUT2D eigenvalue weighted by Crippen LogP contribution is 2.29. The van der Waals surface area contributed by atoms with E-state index in [-0.39, 0.29) is 0 Å². The van der Waals surface area contributed by atoms with Crippen molar-refractivity contribution in [1.29, 1.82) is 0 Å². The quantitative estimate of drug-likeness (QED) is 0.630. The lowest BCUT2D eigenvalue weighted by Gasteiger charge is -2.18. The molecule has 3 nitrogen and oxygen atoms in total. The Labute approximate surface area is 104 Å². The van der Waals surface area contributed by atoms with Gasteiger partial charge < -0.3 is 11.1 Å². The maximum Gasteiger partial charge on any atom is 0.184 e. The number of thiazole rings is 1. The van der Waals surface area contributed by atoms with Crippen LogP contribution in [-0.4, -0.2) is 11.0 Å². The second-order valence-electron chi connectivity index (χ2n) is 4.37. The van der Waals surface area contributed by atoms with Crippen LogP contribution in [0.1, 0.15) is 19.3 Å². The van der Waals surface area contributed by atoms with Crippen LogP contribution in [0.3, 0.4) is 0 Å². The van der Waals surface area contributed by atoms with E-state index in [9.17, 15) is 0 Å². The summed E-state index contributed by atoms with van der Waals surface area (Å²) in [7, 11) is 0. The van der Waals surface area contributed by atoms with Gasteiger partial charge in [-0.05, 0) is 37.5 Å². The van der Waals surface area contributed by atoms with Gasteiger partial charge in [-0.15, -0.1) is 0 Å². The van der Waals surface area contributed by atoms with Crippen LogP contribution in [0, 0.1) is 0 Å². The van der Waals surface area contributed by atoms with Crippen LogP contribution in [0.2, 0.25) is 0 Å². The molecule has 0 aliphatic heterocycles. The van der Waals surface area contributed by atoms with Crippen molar-refractivity contribution in [3.63, 3.8) is 0 Å². The molecule has 0 saturated heterocycles. The van der Waals surface area contributed by atoms with Gasteiger partial charge in [-0.25, -0.2) is 4.98 Å². The van der Waals surface area contributed by atoms with Crippen molar-refractivity contribution in [1.82, 2.24) is 4.98 Å². The smallest absolute Gasteiger partial charge is 0.184 e. The third kappa shape index (κ3) is 2.26. The number of aromatic nitrogens is 1. The first-order valence-electron chi connectivity index (χ1n) is 5.89. The van der Waals surface area contributed by atoms with Gasteiger partial charge in [0.2, 0.25) is 0 Å². The first-order valence-corrected chi connectivity index (χ1v) is 6.70. The topological polar surface area (TPSA) is 50.9 Å². The Balaban J connectivity index is 1.83. The fraction of sp³-hybridized carbons (Fsp3) is 0.308. The van der Waals surface area contributed by atoms with E-state index >= 15 is 0 Å². The van der Waals surface area contributed by atoms with Crippen LogP contribution in [0.15, 0.2) is 30.4 Å². The molecule has 3 rings (SSSR count). The first-order chi connectivity index (χ1) is 8.31. The SMILES string of the molecule is Nc1ccc2nc(NC3CC=CCC3)sc2c1. The second-order valence-corrected chi connectivity index (χ2v) is 5.40. The average Bonchev–Trinajstić information content (AvgIpc) is 2.71. The molecule has 2 aromatic rings. The molecule has 1 heterocycles. The Morgan fingerprint density at radius 1 is 1.35 bits per heavy atom. The molecular formula is C13H15N3S. The summed E-state index contributed by atoms with van der Waals surface area (Å²) in [5.41, 5.74) is 7.59. The number of hydrogen-bond donors (Lipinski definition) is 2. The van der Waals surface area contributed by atoms with Gasteiger partial charge in [0, 0.05) is 11.7 Å². The molecule has 0 amide bonds. The number of nitrogens with zero attached hydrogens (tertiary/aromatic N) is 1. The maximum absolute atomic E-state index is 5.77. The van der Waals surface area contributed by atoms with Crippen LogP contribution in [0.25, 0.3) is 10.2 Å². The van der Waals surface area contributed by atoms with E-state index in [1.54, 1.807) is 11.3 Å². The summed E-state index contributed by atoms with van der Waals surface area (Å²) in [6.07, 6.45) is 7.94. The minimum atomic E-state index is 0.526. The summed E-state index contributed by atoms with van der Waals surface area (Å²) in [4.78, 5) is 4.58. The summed E-state index contributed by atoms with van der Waals surface area (Å²) in [5.74, 6) is 0. The number of nitrogens with one attached hydrogen (secondary N) is 1. The van der Waals surface area contributed by atoms with Crippen LogP contribution >= 0.6 is 11.3 Å². The Kier molecular flexibility index (Phi) is 2.73. The zero-order valence-corrected chi connectivity index (χ0v) is 10.3. The molecule has 1 aromatic heterocycles.